The number of aliphatic carboxylic acids is 1. The van der Waals surface area contributed by atoms with E-state index in [2.05, 4.69) is 10.6 Å². The van der Waals surface area contributed by atoms with Crippen LogP contribution in [0.2, 0.25) is 0 Å². The second-order valence-electron chi connectivity index (χ2n) is 8.71. The summed E-state index contributed by atoms with van der Waals surface area (Å²) in [5.74, 6) is -2.51. The molecule has 1 aliphatic heterocycles. The first-order valence-electron chi connectivity index (χ1n) is 11.8. The molecule has 1 aliphatic rings. The van der Waals surface area contributed by atoms with Crippen LogP contribution >= 0.6 is 0 Å². The molecule has 36 heavy (non-hydrogen) atoms. The summed E-state index contributed by atoms with van der Waals surface area (Å²) in [5.41, 5.74) is 1.54. The molecule has 0 unspecified atom stereocenters. The van der Waals surface area contributed by atoms with E-state index < -0.39 is 48.1 Å². The first-order valence-corrected chi connectivity index (χ1v) is 11.8. The zero-order valence-corrected chi connectivity index (χ0v) is 20.0. The van der Waals surface area contributed by atoms with Gasteiger partial charge < -0.3 is 30.5 Å². The van der Waals surface area contributed by atoms with E-state index in [1.54, 1.807) is 36.4 Å². The molecule has 3 rings (SSSR count). The van der Waals surface area contributed by atoms with Crippen molar-refractivity contribution in [1.82, 2.24) is 15.5 Å². The van der Waals surface area contributed by atoms with Crippen LogP contribution < -0.4 is 10.6 Å². The highest BCUT2D eigenvalue weighted by Crippen LogP contribution is 2.18. The third kappa shape index (κ3) is 7.29. The van der Waals surface area contributed by atoms with Crippen molar-refractivity contribution in [3.63, 3.8) is 0 Å². The number of hydrogen-bond donors (Lipinski definition) is 4. The molecule has 0 spiro atoms. The first-order chi connectivity index (χ1) is 17.3. The summed E-state index contributed by atoms with van der Waals surface area (Å²) >= 11 is 0. The van der Waals surface area contributed by atoms with Crippen LogP contribution in [0.4, 0.5) is 4.79 Å². The second kappa shape index (κ2) is 12.7. The number of hydrogen-bond acceptors (Lipinski definition) is 6. The number of amides is 3. The van der Waals surface area contributed by atoms with E-state index in [-0.39, 0.29) is 19.6 Å². The Bertz CT molecular complexity index is 1050. The molecule has 0 aliphatic carbocycles. The van der Waals surface area contributed by atoms with E-state index in [1.807, 2.05) is 24.3 Å². The molecule has 1 saturated heterocycles. The van der Waals surface area contributed by atoms with E-state index in [1.165, 1.54) is 11.8 Å². The number of ether oxygens (including phenoxy) is 1. The number of carboxylic acids is 1. The maximum atomic E-state index is 12.8. The van der Waals surface area contributed by atoms with Gasteiger partial charge in [-0.05, 0) is 37.3 Å². The number of nitrogens with one attached hydrogen (secondary N) is 2. The highest BCUT2D eigenvalue weighted by atomic mass is 16.5. The van der Waals surface area contributed by atoms with E-state index in [0.717, 1.165) is 11.1 Å². The van der Waals surface area contributed by atoms with Crippen molar-refractivity contribution in [3.05, 3.63) is 71.8 Å². The zero-order chi connectivity index (χ0) is 26.1. The van der Waals surface area contributed by atoms with E-state index in [4.69, 9.17) is 4.74 Å². The first kappa shape index (κ1) is 26.7. The molecule has 10 nitrogen and oxygen atoms in total. The van der Waals surface area contributed by atoms with Gasteiger partial charge in [-0.25, -0.2) is 9.59 Å². The van der Waals surface area contributed by atoms with Crippen molar-refractivity contribution in [2.45, 2.75) is 57.0 Å². The lowest BCUT2D eigenvalue weighted by atomic mass is 10.0. The van der Waals surface area contributed by atoms with Gasteiger partial charge in [0.05, 0.1) is 6.04 Å². The van der Waals surface area contributed by atoms with Crippen molar-refractivity contribution in [3.8, 4) is 0 Å². The predicted molar refractivity (Wildman–Crippen MR) is 130 cm³/mol. The highest BCUT2D eigenvalue weighted by molar-refractivity contribution is 5.92. The summed E-state index contributed by atoms with van der Waals surface area (Å²) in [6.07, 6.45) is -1.47. The number of alkyl carbamates (subject to hydrolysis) is 1. The average Bonchev–Trinajstić information content (AvgIpc) is 3.38. The van der Waals surface area contributed by atoms with Gasteiger partial charge in [-0.2, -0.15) is 0 Å². The molecular formula is C26H31N3O7. The van der Waals surface area contributed by atoms with Crippen LogP contribution in [-0.2, 0) is 32.1 Å². The number of nitrogens with zero attached hydrogens (tertiary/aromatic N) is 1. The van der Waals surface area contributed by atoms with Crippen LogP contribution in [0.25, 0.3) is 0 Å². The largest absolute Gasteiger partial charge is 0.480 e. The molecule has 2 aromatic rings. The zero-order valence-electron chi connectivity index (χ0n) is 20.0. The van der Waals surface area contributed by atoms with E-state index in [0.29, 0.717) is 12.8 Å². The summed E-state index contributed by atoms with van der Waals surface area (Å²) in [4.78, 5) is 50.7. The van der Waals surface area contributed by atoms with Gasteiger partial charge in [-0.3, -0.25) is 9.59 Å². The molecular weight excluding hydrogens is 466 g/mol. The van der Waals surface area contributed by atoms with Crippen LogP contribution in [0, 0.1) is 0 Å². The lowest BCUT2D eigenvalue weighted by molar-refractivity contribution is -0.149. The minimum absolute atomic E-state index is 0.0130. The van der Waals surface area contributed by atoms with E-state index >= 15 is 0 Å². The predicted octanol–water partition coefficient (Wildman–Crippen LogP) is 1.47. The van der Waals surface area contributed by atoms with Gasteiger partial charge in [0.25, 0.3) is 5.91 Å². The third-order valence-electron chi connectivity index (χ3n) is 6.01. The SMILES string of the molecule is C[C@H](NC(=O)[C@@H](O)[C@H](Cc1ccccc1)NC(=O)OCc1ccccc1)C(=O)N1CCC[C@H]1C(=O)O. The Morgan fingerprint density at radius 1 is 1.00 bits per heavy atom. The minimum atomic E-state index is -1.70. The lowest BCUT2D eigenvalue weighted by Crippen LogP contribution is -2.56. The Balaban J connectivity index is 1.64. The maximum absolute atomic E-state index is 12.8. The van der Waals surface area contributed by atoms with Crippen molar-refractivity contribution in [2.75, 3.05) is 6.54 Å². The fourth-order valence-electron chi connectivity index (χ4n) is 4.10. The van der Waals surface area contributed by atoms with Gasteiger partial charge in [-0.15, -0.1) is 0 Å². The fraction of sp³-hybridized carbons (Fsp3) is 0.385. The molecule has 4 N–H and O–H groups in total. The smallest absolute Gasteiger partial charge is 0.407 e. The summed E-state index contributed by atoms with van der Waals surface area (Å²) in [6, 6.07) is 15.0. The number of aliphatic hydroxyl groups is 1. The maximum Gasteiger partial charge on any atom is 0.407 e. The quantitative estimate of drug-likeness (QED) is 0.389. The van der Waals surface area contributed by atoms with Crippen molar-refractivity contribution in [2.24, 2.45) is 0 Å². The van der Waals surface area contributed by atoms with Crippen molar-refractivity contribution in [1.29, 1.82) is 0 Å². The Kier molecular flexibility index (Phi) is 9.40. The third-order valence-corrected chi connectivity index (χ3v) is 6.01. The van der Waals surface area contributed by atoms with Crippen LogP contribution in [0.5, 0.6) is 0 Å². The monoisotopic (exact) mass is 497 g/mol. The molecule has 3 amide bonds. The van der Waals surface area contributed by atoms with Crippen LogP contribution in [0.1, 0.15) is 30.9 Å². The fourth-order valence-corrected chi connectivity index (χ4v) is 4.10. The van der Waals surface area contributed by atoms with Gasteiger partial charge in [0.1, 0.15) is 18.7 Å². The summed E-state index contributed by atoms with van der Waals surface area (Å²) in [7, 11) is 0. The average molecular weight is 498 g/mol. The molecule has 10 heteroatoms. The number of likely N-dealkylation sites (tertiary alicyclic amines) is 1. The van der Waals surface area contributed by atoms with Crippen LogP contribution in [-0.4, -0.2) is 69.8 Å². The van der Waals surface area contributed by atoms with E-state index in [9.17, 15) is 29.4 Å². The molecule has 0 radical (unpaired) electrons. The molecule has 0 saturated carbocycles. The number of rotatable bonds is 10. The second-order valence-corrected chi connectivity index (χ2v) is 8.71. The van der Waals surface area contributed by atoms with Gasteiger partial charge >= 0.3 is 12.1 Å². The number of benzene rings is 2. The van der Waals surface area contributed by atoms with Gasteiger partial charge in [-0.1, -0.05) is 60.7 Å². The normalized spacial score (nSPS) is 17.5. The lowest BCUT2D eigenvalue weighted by Gasteiger charge is -2.27. The Morgan fingerprint density at radius 3 is 2.22 bits per heavy atom. The Hall–Kier alpha value is -3.92. The topological polar surface area (TPSA) is 145 Å². The Labute approximate surface area is 209 Å². The number of carbonyl (C=O) groups is 4. The van der Waals surface area contributed by atoms with Gasteiger partial charge in [0.2, 0.25) is 5.91 Å². The number of carboxylic acid groups (broad SMARTS) is 1. The molecule has 2 aromatic carbocycles. The number of carbonyl (C=O) groups excluding carboxylic acids is 3. The van der Waals surface area contributed by atoms with Gasteiger partial charge in [0.15, 0.2) is 6.10 Å². The standard InChI is InChI=1S/C26H31N3O7/c1-17(24(32)29-14-8-13-21(29)25(33)34)27-23(31)22(30)20(15-18-9-4-2-5-10-18)28-26(35)36-16-19-11-6-3-7-12-19/h2-7,9-12,17,20-22,30H,8,13-16H2,1H3,(H,27,31)(H,28,35)(H,33,34)/t17-,20-,21-,22-/m0/s1. The summed E-state index contributed by atoms with van der Waals surface area (Å²) < 4.78 is 5.24. The Morgan fingerprint density at radius 2 is 1.61 bits per heavy atom. The summed E-state index contributed by atoms with van der Waals surface area (Å²) in [6.45, 7) is 1.72. The molecule has 0 aromatic heterocycles. The molecule has 4 atom stereocenters. The molecule has 1 heterocycles. The molecule has 192 valence electrons. The van der Waals surface area contributed by atoms with Gasteiger partial charge in [0, 0.05) is 6.54 Å². The summed E-state index contributed by atoms with van der Waals surface area (Å²) in [5, 5.41) is 25.1. The van der Waals surface area contributed by atoms with Crippen molar-refractivity contribution < 1.29 is 34.1 Å². The van der Waals surface area contributed by atoms with Crippen LogP contribution in [0.15, 0.2) is 60.7 Å². The minimum Gasteiger partial charge on any atom is -0.480 e. The molecule has 0 bridgehead atoms. The van der Waals surface area contributed by atoms with Crippen molar-refractivity contribution >= 4 is 23.9 Å². The molecule has 1 fully saturated rings. The number of aliphatic hydroxyl groups excluding tert-OH is 1. The highest BCUT2D eigenvalue weighted by Gasteiger charge is 2.37. The van der Waals surface area contributed by atoms with Crippen LogP contribution in [0.3, 0.4) is 0 Å².